The minimum atomic E-state index is -1.15. The van der Waals surface area contributed by atoms with Crippen molar-refractivity contribution in [2.45, 2.75) is 308 Å². The van der Waals surface area contributed by atoms with Crippen molar-refractivity contribution in [1.82, 2.24) is 5.32 Å². The summed E-state index contributed by atoms with van der Waals surface area (Å²) in [5.41, 5.74) is 0. The highest BCUT2D eigenvalue weighted by atomic mass is 16.3. The van der Waals surface area contributed by atoms with Gasteiger partial charge in [0.15, 0.2) is 0 Å². The normalized spacial score (nSPS) is 13.4. The van der Waals surface area contributed by atoms with E-state index >= 15 is 0 Å². The van der Waals surface area contributed by atoms with Crippen molar-refractivity contribution < 1.29 is 20.1 Å². The summed E-state index contributed by atoms with van der Waals surface area (Å²) in [7, 11) is 0. The van der Waals surface area contributed by atoms with Crippen molar-refractivity contribution in [1.29, 1.82) is 0 Å². The van der Waals surface area contributed by atoms with Gasteiger partial charge in [-0.15, -0.1) is 0 Å². The molecule has 0 aliphatic heterocycles. The van der Waals surface area contributed by atoms with E-state index in [1.165, 1.54) is 225 Å². The Morgan fingerprint density at radius 2 is 0.702 bits per heavy atom. The van der Waals surface area contributed by atoms with Crippen LogP contribution in [0, 0.1) is 0 Å². The zero-order valence-corrected chi connectivity index (χ0v) is 38.7. The Hall–Kier alpha value is -0.910. The van der Waals surface area contributed by atoms with Crippen LogP contribution < -0.4 is 5.32 Å². The predicted octanol–water partition coefficient (Wildman–Crippen LogP) is 15.6. The molecule has 340 valence electrons. The molecule has 0 fully saturated rings. The summed E-state index contributed by atoms with van der Waals surface area (Å²) in [5, 5.41) is 33.3. The van der Waals surface area contributed by atoms with Gasteiger partial charge in [-0.25, -0.2) is 0 Å². The maximum atomic E-state index is 12.4. The zero-order valence-electron chi connectivity index (χ0n) is 38.7. The first kappa shape index (κ1) is 56.1. The van der Waals surface area contributed by atoms with Crippen LogP contribution >= 0.6 is 0 Å². The third kappa shape index (κ3) is 43.0. The van der Waals surface area contributed by atoms with Gasteiger partial charge in [0.25, 0.3) is 0 Å². The predicted molar refractivity (Wildman–Crippen MR) is 250 cm³/mol. The molecular formula is C52H103NO4. The lowest BCUT2D eigenvalue weighted by Crippen LogP contribution is -2.50. The number of hydrogen-bond acceptors (Lipinski definition) is 4. The Balaban J connectivity index is 3.37. The first-order valence-corrected chi connectivity index (χ1v) is 26.0. The van der Waals surface area contributed by atoms with Gasteiger partial charge in [0, 0.05) is 6.42 Å². The number of hydrogen-bond donors (Lipinski definition) is 4. The molecule has 0 saturated heterocycles. The lowest BCUT2D eigenvalue weighted by atomic mass is 10.0. The molecule has 0 aliphatic rings. The first-order valence-electron chi connectivity index (χ1n) is 26.0. The molecule has 0 bridgehead atoms. The number of carbonyl (C=O) groups excluding carboxylic acids is 1. The van der Waals surface area contributed by atoms with Gasteiger partial charge in [0.05, 0.1) is 18.8 Å². The van der Waals surface area contributed by atoms with Crippen LogP contribution in [0.4, 0.5) is 0 Å². The summed E-state index contributed by atoms with van der Waals surface area (Å²) in [6.45, 7) is 4.13. The molecular weight excluding hydrogens is 703 g/mol. The van der Waals surface area contributed by atoms with Crippen molar-refractivity contribution in [2.75, 3.05) is 6.61 Å². The molecule has 0 rings (SSSR count). The van der Waals surface area contributed by atoms with Crippen LogP contribution in [0.15, 0.2) is 12.2 Å². The summed E-state index contributed by atoms with van der Waals surface area (Å²) >= 11 is 0. The van der Waals surface area contributed by atoms with E-state index in [9.17, 15) is 20.1 Å². The molecule has 0 aromatic carbocycles. The van der Waals surface area contributed by atoms with Crippen LogP contribution in [0.25, 0.3) is 0 Å². The molecule has 5 nitrogen and oxygen atoms in total. The Bertz CT molecular complexity index is 803. The molecule has 1 amide bonds. The summed E-state index contributed by atoms with van der Waals surface area (Å²) < 4.78 is 0. The maximum absolute atomic E-state index is 12.4. The number of aliphatic hydroxyl groups excluding tert-OH is 3. The average Bonchev–Trinajstić information content (AvgIpc) is 3.22. The zero-order chi connectivity index (χ0) is 41.5. The van der Waals surface area contributed by atoms with Crippen LogP contribution in [0.1, 0.15) is 290 Å². The number of rotatable bonds is 48. The SMILES string of the molecule is CCCCC/C=C/CCCC(O)C(O)C(CO)NC(=O)CCCCCCCCCCCCCCCCCCCCCCCCCCCCCCCCCCCCC. The highest BCUT2D eigenvalue weighted by molar-refractivity contribution is 5.76. The van der Waals surface area contributed by atoms with E-state index in [-0.39, 0.29) is 12.5 Å². The average molecular weight is 806 g/mol. The lowest BCUT2D eigenvalue weighted by molar-refractivity contribution is -0.124. The highest BCUT2D eigenvalue weighted by Gasteiger charge is 2.26. The third-order valence-corrected chi connectivity index (χ3v) is 12.4. The quantitative estimate of drug-likeness (QED) is 0.0364. The maximum Gasteiger partial charge on any atom is 0.220 e. The summed E-state index contributed by atoms with van der Waals surface area (Å²) in [5.74, 6) is -0.152. The smallest absolute Gasteiger partial charge is 0.220 e. The monoisotopic (exact) mass is 806 g/mol. The van der Waals surface area contributed by atoms with E-state index in [0.717, 1.165) is 38.5 Å². The van der Waals surface area contributed by atoms with Crippen molar-refractivity contribution in [3.63, 3.8) is 0 Å². The molecule has 0 saturated carbocycles. The van der Waals surface area contributed by atoms with Gasteiger partial charge in [-0.1, -0.05) is 257 Å². The lowest BCUT2D eigenvalue weighted by Gasteiger charge is -2.26. The molecule has 0 aromatic heterocycles. The minimum Gasteiger partial charge on any atom is -0.394 e. The summed E-state index contributed by atoms with van der Waals surface area (Å²) in [6, 6.07) is -0.819. The van der Waals surface area contributed by atoms with Gasteiger partial charge in [0.1, 0.15) is 6.10 Å². The topological polar surface area (TPSA) is 89.8 Å². The van der Waals surface area contributed by atoms with Crippen molar-refractivity contribution >= 4 is 5.91 Å². The molecule has 0 aromatic rings. The van der Waals surface area contributed by atoms with Gasteiger partial charge in [0.2, 0.25) is 5.91 Å². The van der Waals surface area contributed by atoms with Gasteiger partial charge < -0.3 is 20.6 Å². The molecule has 57 heavy (non-hydrogen) atoms. The Kier molecular flexibility index (Phi) is 47.0. The summed E-state index contributed by atoms with van der Waals surface area (Å²) in [6.07, 6.45) is 58.3. The van der Waals surface area contributed by atoms with Gasteiger partial charge >= 0.3 is 0 Å². The minimum absolute atomic E-state index is 0.152. The fraction of sp³-hybridized carbons (Fsp3) is 0.942. The van der Waals surface area contributed by atoms with E-state index in [4.69, 9.17) is 0 Å². The second-order valence-electron chi connectivity index (χ2n) is 18.1. The number of amides is 1. The largest absolute Gasteiger partial charge is 0.394 e. The van der Waals surface area contributed by atoms with Crippen LogP contribution in [0.5, 0.6) is 0 Å². The molecule has 0 radical (unpaired) electrons. The fourth-order valence-electron chi connectivity index (χ4n) is 8.34. The van der Waals surface area contributed by atoms with Crippen LogP contribution in [0.2, 0.25) is 0 Å². The molecule has 5 heteroatoms. The molecule has 4 N–H and O–H groups in total. The standard InChI is InChI=1S/C52H103NO4/c1-3-5-7-9-11-13-14-15-16-17-18-19-20-21-22-23-24-25-26-27-28-29-30-31-32-33-34-35-36-37-38-39-41-43-45-47-51(56)53-49(48-54)52(57)50(55)46-44-42-40-12-10-8-6-4-2/h12,40,49-50,52,54-55,57H,3-11,13-39,41-48H2,1-2H3,(H,53,56)/b40-12+. The molecule has 0 aliphatic carbocycles. The summed E-state index contributed by atoms with van der Waals surface area (Å²) in [4.78, 5) is 12.4. The van der Waals surface area contributed by atoms with Crippen LogP contribution in [-0.2, 0) is 4.79 Å². The number of nitrogens with one attached hydrogen (secondary N) is 1. The van der Waals surface area contributed by atoms with Crippen LogP contribution in [0.3, 0.4) is 0 Å². The molecule has 3 unspecified atom stereocenters. The van der Waals surface area contributed by atoms with E-state index in [1.54, 1.807) is 0 Å². The van der Waals surface area contributed by atoms with Crippen molar-refractivity contribution in [3.05, 3.63) is 12.2 Å². The number of allylic oxidation sites excluding steroid dienone is 2. The molecule has 0 spiro atoms. The van der Waals surface area contributed by atoms with Crippen molar-refractivity contribution in [2.24, 2.45) is 0 Å². The van der Waals surface area contributed by atoms with E-state index in [0.29, 0.717) is 12.8 Å². The highest BCUT2D eigenvalue weighted by Crippen LogP contribution is 2.18. The van der Waals surface area contributed by atoms with E-state index in [1.807, 2.05) is 0 Å². The number of carbonyl (C=O) groups is 1. The Labute approximate surface area is 357 Å². The van der Waals surface area contributed by atoms with E-state index < -0.39 is 18.2 Å². The van der Waals surface area contributed by atoms with Gasteiger partial charge in [-0.2, -0.15) is 0 Å². The van der Waals surface area contributed by atoms with Gasteiger partial charge in [-0.05, 0) is 38.5 Å². The Morgan fingerprint density at radius 3 is 1.02 bits per heavy atom. The first-order chi connectivity index (χ1) is 28.1. The van der Waals surface area contributed by atoms with Gasteiger partial charge in [-0.3, -0.25) is 4.79 Å². The number of aliphatic hydroxyl groups is 3. The Morgan fingerprint density at radius 1 is 0.421 bits per heavy atom. The second-order valence-corrected chi connectivity index (χ2v) is 18.1. The third-order valence-electron chi connectivity index (χ3n) is 12.4. The fourth-order valence-corrected chi connectivity index (χ4v) is 8.34. The van der Waals surface area contributed by atoms with Crippen LogP contribution in [-0.4, -0.2) is 46.1 Å². The second kappa shape index (κ2) is 47.8. The molecule has 0 heterocycles. The number of unbranched alkanes of at least 4 members (excludes halogenated alkanes) is 38. The molecule has 3 atom stereocenters. The van der Waals surface area contributed by atoms with Crippen molar-refractivity contribution in [3.8, 4) is 0 Å². The van der Waals surface area contributed by atoms with E-state index in [2.05, 4.69) is 31.3 Å².